The maximum atomic E-state index is 13.0. The van der Waals surface area contributed by atoms with Crippen molar-refractivity contribution in [1.82, 2.24) is 30.1 Å². The maximum Gasteiger partial charge on any atom is 0.573 e. The van der Waals surface area contributed by atoms with Crippen molar-refractivity contribution in [2.24, 2.45) is 11.8 Å². The van der Waals surface area contributed by atoms with Crippen LogP contribution in [-0.4, -0.2) is 81.1 Å². The Kier molecular flexibility index (Phi) is 5.66. The standard InChI is InChI=1S/C22H23F3N6O3/c23-22(24,25)34-17-4-1-14(2-5-17)3-6-20(32)30-9-15-11-31(12-16(15)10-30)21(33)29-8-7-18-19(13-29)27-28-26-18/h1-6,15-16H,7-13H2,(H,26,27,28)/b6-3+. The highest BCUT2D eigenvalue weighted by atomic mass is 19.4. The van der Waals surface area contributed by atoms with Crippen LogP contribution in [0.1, 0.15) is 17.0 Å². The monoisotopic (exact) mass is 476 g/mol. The molecule has 0 saturated carbocycles. The quantitative estimate of drug-likeness (QED) is 0.686. The van der Waals surface area contributed by atoms with Crippen molar-refractivity contribution in [2.75, 3.05) is 32.7 Å². The zero-order chi connectivity index (χ0) is 23.9. The fourth-order valence-corrected chi connectivity index (χ4v) is 4.85. The number of H-pyrrole nitrogens is 1. The molecule has 3 aliphatic heterocycles. The molecule has 2 unspecified atom stereocenters. The molecule has 3 aliphatic rings. The predicted molar refractivity (Wildman–Crippen MR) is 113 cm³/mol. The Labute approximate surface area is 193 Å². The number of aromatic amines is 1. The van der Waals surface area contributed by atoms with Crippen molar-refractivity contribution >= 4 is 18.0 Å². The van der Waals surface area contributed by atoms with Crippen molar-refractivity contribution in [3.63, 3.8) is 0 Å². The number of amides is 3. The first-order valence-corrected chi connectivity index (χ1v) is 11.0. The summed E-state index contributed by atoms with van der Waals surface area (Å²) in [5, 5.41) is 10.8. The zero-order valence-electron chi connectivity index (χ0n) is 18.2. The Hall–Kier alpha value is -3.57. The minimum Gasteiger partial charge on any atom is -0.406 e. The number of hydrogen-bond donors (Lipinski definition) is 1. The third-order valence-corrected chi connectivity index (χ3v) is 6.53. The molecule has 5 rings (SSSR count). The van der Waals surface area contributed by atoms with E-state index >= 15 is 0 Å². The summed E-state index contributed by atoms with van der Waals surface area (Å²) in [7, 11) is 0. The van der Waals surface area contributed by atoms with Crippen molar-refractivity contribution < 1.29 is 27.5 Å². The van der Waals surface area contributed by atoms with Gasteiger partial charge in [0.05, 0.1) is 12.2 Å². The average molecular weight is 476 g/mol. The summed E-state index contributed by atoms with van der Waals surface area (Å²) >= 11 is 0. The molecule has 2 saturated heterocycles. The number of nitrogens with one attached hydrogen (secondary N) is 1. The average Bonchev–Trinajstić information content (AvgIpc) is 3.51. The number of likely N-dealkylation sites (tertiary alicyclic amines) is 2. The molecule has 1 N–H and O–H groups in total. The number of rotatable bonds is 3. The second kappa shape index (κ2) is 8.65. The number of nitrogens with zero attached hydrogens (tertiary/aromatic N) is 5. The molecule has 1 aromatic heterocycles. The summed E-state index contributed by atoms with van der Waals surface area (Å²) in [6.45, 7) is 3.44. The molecule has 2 aromatic rings. The number of halogens is 3. The van der Waals surface area contributed by atoms with E-state index in [1.165, 1.54) is 30.3 Å². The van der Waals surface area contributed by atoms with Gasteiger partial charge in [0.25, 0.3) is 0 Å². The van der Waals surface area contributed by atoms with Gasteiger partial charge < -0.3 is 19.4 Å². The van der Waals surface area contributed by atoms with Gasteiger partial charge in [0.15, 0.2) is 0 Å². The third-order valence-electron chi connectivity index (χ3n) is 6.53. The number of carbonyl (C=O) groups is 2. The molecule has 3 amide bonds. The molecule has 2 atom stereocenters. The molecule has 4 heterocycles. The van der Waals surface area contributed by atoms with Crippen LogP contribution in [0, 0.1) is 11.8 Å². The van der Waals surface area contributed by atoms with Crippen LogP contribution in [0.3, 0.4) is 0 Å². The van der Waals surface area contributed by atoms with Crippen molar-refractivity contribution in [2.45, 2.75) is 19.3 Å². The molecule has 9 nitrogen and oxygen atoms in total. The minimum absolute atomic E-state index is 0.00114. The Bertz CT molecular complexity index is 1090. The van der Waals surface area contributed by atoms with E-state index < -0.39 is 6.36 Å². The number of ether oxygens (including phenoxy) is 1. The van der Waals surface area contributed by atoms with Gasteiger partial charge in [0.1, 0.15) is 11.4 Å². The van der Waals surface area contributed by atoms with Crippen molar-refractivity contribution in [3.05, 3.63) is 47.3 Å². The van der Waals surface area contributed by atoms with Gasteiger partial charge in [-0.2, -0.15) is 15.4 Å². The Morgan fingerprint density at radius 2 is 1.62 bits per heavy atom. The first-order valence-electron chi connectivity index (χ1n) is 11.0. The summed E-state index contributed by atoms with van der Waals surface area (Å²) in [5.41, 5.74) is 2.32. The van der Waals surface area contributed by atoms with Crippen LogP contribution in [0.15, 0.2) is 30.3 Å². The number of urea groups is 1. The molecule has 180 valence electrons. The number of fused-ring (bicyclic) bond motifs is 2. The van der Waals surface area contributed by atoms with Crippen molar-refractivity contribution in [1.29, 1.82) is 0 Å². The van der Waals surface area contributed by atoms with Gasteiger partial charge in [-0.25, -0.2) is 4.79 Å². The van der Waals surface area contributed by atoms with E-state index in [0.717, 1.165) is 11.4 Å². The molecule has 0 spiro atoms. The first kappa shape index (κ1) is 22.2. The van der Waals surface area contributed by atoms with E-state index in [0.29, 0.717) is 51.3 Å². The van der Waals surface area contributed by atoms with E-state index in [-0.39, 0.29) is 29.5 Å². The summed E-state index contributed by atoms with van der Waals surface area (Å²) in [4.78, 5) is 31.0. The van der Waals surface area contributed by atoms with Gasteiger partial charge in [-0.05, 0) is 23.8 Å². The van der Waals surface area contributed by atoms with Gasteiger partial charge in [-0.3, -0.25) is 4.79 Å². The SMILES string of the molecule is O=C(/C=C/c1ccc(OC(F)(F)F)cc1)N1CC2CN(C(=O)N3CCc4n[nH]nc4C3)CC2C1. The van der Waals surface area contributed by atoms with Crippen LogP contribution in [-0.2, 0) is 17.8 Å². The fraction of sp³-hybridized carbons (Fsp3) is 0.455. The van der Waals surface area contributed by atoms with Crippen LogP contribution >= 0.6 is 0 Å². The molecule has 0 bridgehead atoms. The largest absolute Gasteiger partial charge is 0.573 e. The third kappa shape index (κ3) is 4.70. The Balaban J connectivity index is 1.12. The van der Waals surface area contributed by atoms with Crippen molar-refractivity contribution in [3.8, 4) is 5.75 Å². The smallest absolute Gasteiger partial charge is 0.406 e. The van der Waals surface area contributed by atoms with Gasteiger partial charge in [-0.15, -0.1) is 13.2 Å². The molecule has 34 heavy (non-hydrogen) atoms. The normalized spacial score (nSPS) is 22.3. The predicted octanol–water partition coefficient (Wildman–Crippen LogP) is 2.29. The van der Waals surface area contributed by atoms with E-state index in [9.17, 15) is 22.8 Å². The topological polar surface area (TPSA) is 94.7 Å². The number of benzene rings is 1. The number of alkyl halides is 3. The van der Waals surface area contributed by atoms with Gasteiger partial charge in [0.2, 0.25) is 5.91 Å². The highest BCUT2D eigenvalue weighted by molar-refractivity contribution is 5.92. The molecule has 12 heteroatoms. The lowest BCUT2D eigenvalue weighted by Gasteiger charge is -2.30. The molecule has 2 fully saturated rings. The maximum absolute atomic E-state index is 13.0. The van der Waals surface area contributed by atoms with E-state index in [2.05, 4.69) is 20.1 Å². The number of hydrogen-bond acceptors (Lipinski definition) is 5. The van der Waals surface area contributed by atoms with E-state index in [1.807, 2.05) is 4.90 Å². The van der Waals surface area contributed by atoms with Gasteiger partial charge in [-0.1, -0.05) is 12.1 Å². The highest BCUT2D eigenvalue weighted by Crippen LogP contribution is 2.32. The molecular weight excluding hydrogens is 453 g/mol. The Morgan fingerprint density at radius 3 is 2.29 bits per heavy atom. The van der Waals surface area contributed by atoms with Crippen LogP contribution < -0.4 is 4.74 Å². The van der Waals surface area contributed by atoms with Crippen LogP contribution in [0.25, 0.3) is 6.08 Å². The van der Waals surface area contributed by atoms with Gasteiger partial charge in [0, 0.05) is 57.1 Å². The van der Waals surface area contributed by atoms with E-state index in [1.54, 1.807) is 15.9 Å². The zero-order valence-corrected chi connectivity index (χ0v) is 18.2. The van der Waals surface area contributed by atoms with Crippen LogP contribution in [0.2, 0.25) is 0 Å². The highest BCUT2D eigenvalue weighted by Gasteiger charge is 2.43. The molecule has 0 aliphatic carbocycles. The fourth-order valence-electron chi connectivity index (χ4n) is 4.85. The molecule has 0 radical (unpaired) electrons. The summed E-state index contributed by atoms with van der Waals surface area (Å²) in [5.74, 6) is -0.00837. The second-order valence-electron chi connectivity index (χ2n) is 8.79. The Morgan fingerprint density at radius 1 is 0.971 bits per heavy atom. The van der Waals surface area contributed by atoms with Crippen LogP contribution in [0.5, 0.6) is 5.75 Å². The second-order valence-corrected chi connectivity index (χ2v) is 8.79. The first-order chi connectivity index (χ1) is 16.2. The van der Waals surface area contributed by atoms with Crippen LogP contribution in [0.4, 0.5) is 18.0 Å². The molecular formula is C22H23F3N6O3. The lowest BCUT2D eigenvalue weighted by Crippen LogP contribution is -2.45. The summed E-state index contributed by atoms with van der Waals surface area (Å²) in [6.07, 6.45) is -1.06. The number of carbonyl (C=O) groups excluding carboxylic acids is 2. The summed E-state index contributed by atoms with van der Waals surface area (Å²) in [6, 6.07) is 5.31. The minimum atomic E-state index is -4.74. The van der Waals surface area contributed by atoms with E-state index in [4.69, 9.17) is 0 Å². The lowest BCUT2D eigenvalue weighted by atomic mass is 10.0. The van der Waals surface area contributed by atoms with Gasteiger partial charge >= 0.3 is 12.4 Å². The molecule has 1 aromatic carbocycles. The lowest BCUT2D eigenvalue weighted by molar-refractivity contribution is -0.274. The number of aromatic nitrogens is 3. The summed E-state index contributed by atoms with van der Waals surface area (Å²) < 4.78 is 40.6.